The van der Waals surface area contributed by atoms with Crippen LogP contribution >= 0.6 is 28.1 Å². The largest absolute Gasteiger partial charge is 0.331 e. The molecule has 2 N–H and O–H groups in total. The second-order valence-corrected chi connectivity index (χ2v) is 4.77. The third-order valence-electron chi connectivity index (χ3n) is 2.10. The van der Waals surface area contributed by atoms with E-state index in [1.54, 1.807) is 30.6 Å². The maximum absolute atomic E-state index is 13.5. The highest BCUT2D eigenvalue weighted by Gasteiger charge is 2.05. The van der Waals surface area contributed by atoms with Gasteiger partial charge in [-0.1, -0.05) is 15.9 Å². The first-order valence-electron chi connectivity index (χ1n) is 5.08. The first kappa shape index (κ1) is 12.9. The van der Waals surface area contributed by atoms with Crippen LogP contribution in [0.1, 0.15) is 0 Å². The Morgan fingerprint density at radius 2 is 2.11 bits per heavy atom. The molecule has 1 heterocycles. The summed E-state index contributed by atoms with van der Waals surface area (Å²) in [7, 11) is 0. The Labute approximate surface area is 118 Å². The van der Waals surface area contributed by atoms with E-state index in [2.05, 4.69) is 31.5 Å². The van der Waals surface area contributed by atoms with Gasteiger partial charge >= 0.3 is 0 Å². The molecular formula is C12H9BrFN3S. The van der Waals surface area contributed by atoms with Crippen LogP contribution in [0.3, 0.4) is 0 Å². The van der Waals surface area contributed by atoms with Gasteiger partial charge in [-0.25, -0.2) is 4.39 Å². The summed E-state index contributed by atoms with van der Waals surface area (Å²) in [5, 5.41) is 6.01. The molecule has 18 heavy (non-hydrogen) atoms. The van der Waals surface area contributed by atoms with Gasteiger partial charge in [-0.15, -0.1) is 0 Å². The molecule has 1 aromatic heterocycles. The summed E-state index contributed by atoms with van der Waals surface area (Å²) >= 11 is 8.36. The summed E-state index contributed by atoms with van der Waals surface area (Å²) < 4.78 is 14.3. The molecular weight excluding hydrogens is 317 g/mol. The van der Waals surface area contributed by atoms with Crippen molar-refractivity contribution in [3.8, 4) is 0 Å². The van der Waals surface area contributed by atoms with E-state index in [0.717, 1.165) is 10.2 Å². The molecule has 6 heteroatoms. The van der Waals surface area contributed by atoms with Gasteiger partial charge < -0.3 is 10.6 Å². The molecule has 0 saturated heterocycles. The zero-order valence-corrected chi connectivity index (χ0v) is 11.6. The quantitative estimate of drug-likeness (QED) is 0.824. The SMILES string of the molecule is Fc1ccc(Br)cc1NC(=S)Nc1cccnc1. The first-order valence-corrected chi connectivity index (χ1v) is 6.28. The van der Waals surface area contributed by atoms with Crippen LogP contribution in [0.25, 0.3) is 0 Å². The molecule has 0 saturated carbocycles. The van der Waals surface area contributed by atoms with Crippen LogP contribution in [-0.4, -0.2) is 10.1 Å². The topological polar surface area (TPSA) is 37.0 Å². The van der Waals surface area contributed by atoms with Crippen LogP contribution in [0, 0.1) is 5.82 Å². The van der Waals surface area contributed by atoms with Crippen LogP contribution in [0.15, 0.2) is 47.2 Å². The molecule has 2 rings (SSSR count). The zero-order chi connectivity index (χ0) is 13.0. The maximum atomic E-state index is 13.5. The lowest BCUT2D eigenvalue weighted by molar-refractivity contribution is 0.632. The minimum absolute atomic E-state index is 0.306. The van der Waals surface area contributed by atoms with Crippen molar-refractivity contribution < 1.29 is 4.39 Å². The van der Waals surface area contributed by atoms with Gasteiger partial charge in [0.1, 0.15) is 5.82 Å². The van der Waals surface area contributed by atoms with Crippen molar-refractivity contribution in [1.82, 2.24) is 4.98 Å². The van der Waals surface area contributed by atoms with Crippen molar-refractivity contribution >= 4 is 44.6 Å². The number of thiocarbonyl (C=S) groups is 1. The van der Waals surface area contributed by atoms with Crippen LogP contribution in [0.5, 0.6) is 0 Å². The monoisotopic (exact) mass is 325 g/mol. The number of anilines is 2. The van der Waals surface area contributed by atoms with Crippen molar-refractivity contribution in [2.45, 2.75) is 0 Å². The lowest BCUT2D eigenvalue weighted by atomic mass is 10.3. The molecule has 0 aliphatic rings. The third-order valence-corrected chi connectivity index (χ3v) is 2.79. The van der Waals surface area contributed by atoms with Gasteiger partial charge in [0.15, 0.2) is 5.11 Å². The van der Waals surface area contributed by atoms with Gasteiger partial charge in [-0.05, 0) is 42.5 Å². The number of halogens is 2. The molecule has 0 aliphatic carbocycles. The van der Waals surface area contributed by atoms with E-state index in [-0.39, 0.29) is 5.82 Å². The fourth-order valence-corrected chi connectivity index (χ4v) is 1.90. The molecule has 1 aromatic carbocycles. The smallest absolute Gasteiger partial charge is 0.175 e. The van der Waals surface area contributed by atoms with Gasteiger partial charge in [0.05, 0.1) is 17.6 Å². The second kappa shape index (κ2) is 5.88. The average Bonchev–Trinajstić information content (AvgIpc) is 2.35. The standard InChI is InChI=1S/C12H9BrFN3S/c13-8-3-4-10(14)11(6-8)17-12(18)16-9-2-1-5-15-7-9/h1-7H,(H2,16,17,18). The van der Waals surface area contributed by atoms with Gasteiger partial charge in [-0.3, -0.25) is 4.98 Å². The molecule has 3 nitrogen and oxygen atoms in total. The van der Waals surface area contributed by atoms with E-state index >= 15 is 0 Å². The van der Waals surface area contributed by atoms with E-state index in [4.69, 9.17) is 12.2 Å². The Kier molecular flexibility index (Phi) is 4.22. The Bertz CT molecular complexity index is 563. The number of rotatable bonds is 2. The summed E-state index contributed by atoms with van der Waals surface area (Å²) in [5.74, 6) is -0.367. The molecule has 0 aliphatic heterocycles. The Morgan fingerprint density at radius 3 is 2.83 bits per heavy atom. The predicted octanol–water partition coefficient (Wildman–Crippen LogP) is 3.79. The fraction of sp³-hybridized carbons (Fsp3) is 0. The third kappa shape index (κ3) is 3.48. The highest BCUT2D eigenvalue weighted by Crippen LogP contribution is 2.20. The van der Waals surface area contributed by atoms with E-state index < -0.39 is 0 Å². The molecule has 2 aromatic rings. The second-order valence-electron chi connectivity index (χ2n) is 3.44. The highest BCUT2D eigenvalue weighted by atomic mass is 79.9. The minimum Gasteiger partial charge on any atom is -0.331 e. The lowest BCUT2D eigenvalue weighted by Crippen LogP contribution is -2.19. The van der Waals surface area contributed by atoms with Gasteiger partial charge in [0.2, 0.25) is 0 Å². The van der Waals surface area contributed by atoms with E-state index in [9.17, 15) is 4.39 Å². The van der Waals surface area contributed by atoms with Gasteiger partial charge in [0, 0.05) is 10.7 Å². The molecule has 0 bridgehead atoms. The molecule has 0 unspecified atom stereocenters. The summed E-state index contributed by atoms with van der Waals surface area (Å²) in [5.41, 5.74) is 1.05. The van der Waals surface area contributed by atoms with Crippen LogP contribution < -0.4 is 10.6 Å². The van der Waals surface area contributed by atoms with Gasteiger partial charge in [-0.2, -0.15) is 0 Å². The number of pyridine rings is 1. The minimum atomic E-state index is -0.367. The summed E-state index contributed by atoms with van der Waals surface area (Å²) in [6, 6.07) is 8.20. The van der Waals surface area contributed by atoms with E-state index in [1.165, 1.54) is 6.07 Å². The number of benzene rings is 1. The molecule has 0 radical (unpaired) electrons. The number of aromatic nitrogens is 1. The Morgan fingerprint density at radius 1 is 1.28 bits per heavy atom. The summed E-state index contributed by atoms with van der Waals surface area (Å²) in [6.07, 6.45) is 3.29. The molecule has 0 atom stereocenters. The van der Waals surface area contributed by atoms with E-state index in [0.29, 0.717) is 10.8 Å². The van der Waals surface area contributed by atoms with Crippen molar-refractivity contribution in [3.05, 3.63) is 53.0 Å². The van der Waals surface area contributed by atoms with Crippen LogP contribution in [0.2, 0.25) is 0 Å². The molecule has 92 valence electrons. The zero-order valence-electron chi connectivity index (χ0n) is 9.15. The number of hydrogen-bond acceptors (Lipinski definition) is 2. The van der Waals surface area contributed by atoms with Crippen molar-refractivity contribution in [3.63, 3.8) is 0 Å². The van der Waals surface area contributed by atoms with Crippen LogP contribution in [0.4, 0.5) is 15.8 Å². The summed E-state index contributed by atoms with van der Waals surface area (Å²) in [6.45, 7) is 0. The van der Waals surface area contributed by atoms with Crippen molar-refractivity contribution in [2.75, 3.05) is 10.6 Å². The number of nitrogens with zero attached hydrogens (tertiary/aromatic N) is 1. The average molecular weight is 326 g/mol. The summed E-state index contributed by atoms with van der Waals surface area (Å²) in [4.78, 5) is 3.94. The highest BCUT2D eigenvalue weighted by molar-refractivity contribution is 9.10. The molecule has 0 fully saturated rings. The maximum Gasteiger partial charge on any atom is 0.175 e. The Balaban J connectivity index is 2.05. The normalized spacial score (nSPS) is 9.89. The van der Waals surface area contributed by atoms with E-state index in [1.807, 2.05) is 6.07 Å². The number of nitrogens with one attached hydrogen (secondary N) is 2. The molecule has 0 spiro atoms. The fourth-order valence-electron chi connectivity index (χ4n) is 1.31. The first-order chi connectivity index (χ1) is 8.65. The number of hydrogen-bond donors (Lipinski definition) is 2. The van der Waals surface area contributed by atoms with Crippen molar-refractivity contribution in [2.24, 2.45) is 0 Å². The Hall–Kier alpha value is -1.53. The van der Waals surface area contributed by atoms with Gasteiger partial charge in [0.25, 0.3) is 0 Å². The molecule has 0 amide bonds. The van der Waals surface area contributed by atoms with Crippen LogP contribution in [-0.2, 0) is 0 Å². The predicted molar refractivity (Wildman–Crippen MR) is 78.2 cm³/mol. The van der Waals surface area contributed by atoms with Crippen molar-refractivity contribution in [1.29, 1.82) is 0 Å². The lowest BCUT2D eigenvalue weighted by Gasteiger charge is -2.11.